The van der Waals surface area contributed by atoms with Crippen LogP contribution < -0.4 is 10.6 Å². The number of thiocarbonyl (C=S) groups is 1. The number of carbonyl (C=O) groups is 1. The summed E-state index contributed by atoms with van der Waals surface area (Å²) in [6.45, 7) is 0. The molecule has 0 unspecified atom stereocenters. The van der Waals surface area contributed by atoms with Crippen LogP contribution in [0.3, 0.4) is 0 Å². The van der Waals surface area contributed by atoms with Gasteiger partial charge in [0, 0.05) is 24.5 Å². The highest BCUT2D eigenvalue weighted by atomic mass is 35.5. The fourth-order valence-electron chi connectivity index (χ4n) is 1.64. The molecule has 0 saturated carbocycles. The van der Waals surface area contributed by atoms with Gasteiger partial charge in [-0.3, -0.25) is 4.79 Å². The number of rotatable bonds is 3. The quantitative estimate of drug-likeness (QED) is 0.886. The third-order valence-corrected chi connectivity index (χ3v) is 3.25. The third-order valence-electron chi connectivity index (χ3n) is 2.79. The van der Waals surface area contributed by atoms with Crippen molar-refractivity contribution in [2.24, 2.45) is 5.73 Å². The number of anilines is 1. The minimum absolute atomic E-state index is 0.218. The van der Waals surface area contributed by atoms with Gasteiger partial charge in [0.25, 0.3) is 5.91 Å². The Kier molecular flexibility index (Phi) is 4.32. The molecule has 102 valence electrons. The Balaban J connectivity index is 2.22. The number of aromatic nitrogens is 1. The number of pyridine rings is 1. The number of hydrogen-bond donors (Lipinski definition) is 1. The lowest BCUT2D eigenvalue weighted by molar-refractivity contribution is 0.0988. The summed E-state index contributed by atoms with van der Waals surface area (Å²) in [6, 6.07) is 10.3. The fourth-order valence-corrected chi connectivity index (χ4v) is 1.89. The van der Waals surface area contributed by atoms with Crippen LogP contribution in [0.1, 0.15) is 16.1 Å². The summed E-state index contributed by atoms with van der Waals surface area (Å²) in [6.07, 6.45) is 1.44. The van der Waals surface area contributed by atoms with Crippen LogP contribution in [0.25, 0.3) is 0 Å². The Morgan fingerprint density at radius 3 is 2.40 bits per heavy atom. The maximum atomic E-state index is 12.2. The molecular weight excluding hydrogens is 294 g/mol. The number of amides is 1. The van der Waals surface area contributed by atoms with E-state index in [0.29, 0.717) is 15.7 Å². The monoisotopic (exact) mass is 305 g/mol. The molecule has 0 aliphatic carbocycles. The van der Waals surface area contributed by atoms with Gasteiger partial charge in [0.15, 0.2) is 0 Å². The van der Waals surface area contributed by atoms with E-state index in [4.69, 9.17) is 29.6 Å². The van der Waals surface area contributed by atoms with E-state index in [2.05, 4.69) is 4.98 Å². The second kappa shape index (κ2) is 5.98. The molecule has 20 heavy (non-hydrogen) atoms. The molecule has 1 heterocycles. The third kappa shape index (κ3) is 3.12. The van der Waals surface area contributed by atoms with E-state index in [1.165, 1.54) is 11.1 Å². The molecule has 0 bridgehead atoms. The SMILES string of the molecule is CN(C(=O)c1ccc(Cl)cn1)c1ccc(C(N)=S)cc1. The van der Waals surface area contributed by atoms with E-state index in [9.17, 15) is 4.79 Å². The van der Waals surface area contributed by atoms with Crippen LogP contribution in [0.4, 0.5) is 5.69 Å². The number of hydrogen-bond acceptors (Lipinski definition) is 3. The molecule has 0 fully saturated rings. The minimum Gasteiger partial charge on any atom is -0.389 e. The summed E-state index contributed by atoms with van der Waals surface area (Å²) in [5, 5.41) is 0.491. The van der Waals surface area contributed by atoms with E-state index in [0.717, 1.165) is 11.3 Å². The van der Waals surface area contributed by atoms with Crippen LogP contribution in [0.2, 0.25) is 5.02 Å². The number of nitrogens with zero attached hydrogens (tertiary/aromatic N) is 2. The predicted molar refractivity (Wildman–Crippen MR) is 84.3 cm³/mol. The normalized spacial score (nSPS) is 10.1. The maximum Gasteiger partial charge on any atom is 0.276 e. The Morgan fingerprint density at radius 2 is 1.90 bits per heavy atom. The fraction of sp³-hybridized carbons (Fsp3) is 0.0714. The molecule has 6 heteroatoms. The molecule has 4 nitrogen and oxygen atoms in total. The second-order valence-electron chi connectivity index (χ2n) is 4.14. The van der Waals surface area contributed by atoms with E-state index in [1.807, 2.05) is 0 Å². The van der Waals surface area contributed by atoms with Crippen LogP contribution in [0, 0.1) is 0 Å². The van der Waals surface area contributed by atoms with E-state index in [-0.39, 0.29) is 5.91 Å². The van der Waals surface area contributed by atoms with Gasteiger partial charge < -0.3 is 10.6 Å². The Morgan fingerprint density at radius 1 is 1.25 bits per heavy atom. The van der Waals surface area contributed by atoms with Gasteiger partial charge in [-0.05, 0) is 36.4 Å². The van der Waals surface area contributed by atoms with Crippen molar-refractivity contribution in [2.75, 3.05) is 11.9 Å². The smallest absolute Gasteiger partial charge is 0.276 e. The first-order valence-corrected chi connectivity index (χ1v) is 6.57. The van der Waals surface area contributed by atoms with Crippen molar-refractivity contribution in [1.82, 2.24) is 4.98 Å². The molecule has 2 aromatic rings. The highest BCUT2D eigenvalue weighted by Crippen LogP contribution is 2.16. The summed E-state index contributed by atoms with van der Waals surface area (Å²) in [7, 11) is 1.67. The van der Waals surface area contributed by atoms with Gasteiger partial charge in [-0.25, -0.2) is 4.98 Å². The number of nitrogens with two attached hydrogens (primary N) is 1. The average molecular weight is 306 g/mol. The van der Waals surface area contributed by atoms with Gasteiger partial charge in [-0.15, -0.1) is 0 Å². The van der Waals surface area contributed by atoms with Gasteiger partial charge >= 0.3 is 0 Å². The number of benzene rings is 1. The lowest BCUT2D eigenvalue weighted by Gasteiger charge is -2.17. The highest BCUT2D eigenvalue weighted by molar-refractivity contribution is 7.80. The van der Waals surface area contributed by atoms with Crippen molar-refractivity contribution in [3.8, 4) is 0 Å². The topological polar surface area (TPSA) is 59.2 Å². The zero-order valence-electron chi connectivity index (χ0n) is 10.7. The molecule has 1 aromatic carbocycles. The van der Waals surface area contributed by atoms with Crippen LogP contribution in [-0.4, -0.2) is 22.9 Å². The van der Waals surface area contributed by atoms with Crippen LogP contribution >= 0.6 is 23.8 Å². The van der Waals surface area contributed by atoms with Crippen molar-refractivity contribution in [3.05, 3.63) is 58.9 Å². The first-order chi connectivity index (χ1) is 9.49. The molecule has 1 aromatic heterocycles. The van der Waals surface area contributed by atoms with Crippen LogP contribution in [-0.2, 0) is 0 Å². The summed E-state index contributed by atoms with van der Waals surface area (Å²) in [5.74, 6) is -0.218. The molecule has 0 atom stereocenters. The van der Waals surface area contributed by atoms with Crippen LogP contribution in [0.5, 0.6) is 0 Å². The largest absolute Gasteiger partial charge is 0.389 e. The zero-order chi connectivity index (χ0) is 14.7. The Labute approximate surface area is 127 Å². The predicted octanol–water partition coefficient (Wildman–Crippen LogP) is 2.65. The van der Waals surface area contributed by atoms with Crippen molar-refractivity contribution >= 4 is 40.4 Å². The van der Waals surface area contributed by atoms with Gasteiger partial charge in [0.2, 0.25) is 0 Å². The van der Waals surface area contributed by atoms with E-state index < -0.39 is 0 Å². The molecule has 0 spiro atoms. The molecule has 2 N–H and O–H groups in total. The lowest BCUT2D eigenvalue weighted by atomic mass is 10.2. The molecule has 1 amide bonds. The minimum atomic E-state index is -0.218. The van der Waals surface area contributed by atoms with Crippen molar-refractivity contribution in [3.63, 3.8) is 0 Å². The first-order valence-electron chi connectivity index (χ1n) is 5.78. The molecule has 0 radical (unpaired) electrons. The van der Waals surface area contributed by atoms with Crippen molar-refractivity contribution in [2.45, 2.75) is 0 Å². The summed E-state index contributed by atoms with van der Waals surface area (Å²) in [5.41, 5.74) is 7.35. The molecular formula is C14H12ClN3OS. The van der Waals surface area contributed by atoms with Gasteiger partial charge in [0.05, 0.1) is 5.02 Å². The molecule has 2 rings (SSSR count). The zero-order valence-corrected chi connectivity index (χ0v) is 12.3. The molecule has 0 aliphatic heterocycles. The van der Waals surface area contributed by atoms with Gasteiger partial charge in [-0.2, -0.15) is 0 Å². The second-order valence-corrected chi connectivity index (χ2v) is 5.01. The average Bonchev–Trinajstić information content (AvgIpc) is 2.46. The van der Waals surface area contributed by atoms with E-state index >= 15 is 0 Å². The highest BCUT2D eigenvalue weighted by Gasteiger charge is 2.14. The summed E-state index contributed by atoms with van der Waals surface area (Å²) >= 11 is 10.6. The first kappa shape index (κ1) is 14.4. The standard InChI is InChI=1S/C14H12ClN3OS/c1-18(11-5-2-9(3-6-11)13(16)20)14(19)12-7-4-10(15)8-17-12/h2-8H,1H3,(H2,16,20). The number of halogens is 1. The maximum absolute atomic E-state index is 12.2. The molecule has 0 saturated heterocycles. The lowest BCUT2D eigenvalue weighted by Crippen LogP contribution is -2.27. The Bertz CT molecular complexity index is 640. The number of carbonyl (C=O) groups excluding carboxylic acids is 1. The van der Waals surface area contributed by atoms with Gasteiger partial charge in [0.1, 0.15) is 10.7 Å². The Hall–Kier alpha value is -1.98. The van der Waals surface area contributed by atoms with E-state index in [1.54, 1.807) is 43.4 Å². The summed E-state index contributed by atoms with van der Waals surface area (Å²) in [4.78, 5) is 18.1. The van der Waals surface area contributed by atoms with Gasteiger partial charge in [-0.1, -0.05) is 23.8 Å². The van der Waals surface area contributed by atoms with Crippen molar-refractivity contribution in [1.29, 1.82) is 0 Å². The molecule has 0 aliphatic rings. The van der Waals surface area contributed by atoms with Crippen LogP contribution in [0.15, 0.2) is 42.6 Å². The summed E-state index contributed by atoms with van der Waals surface area (Å²) < 4.78 is 0. The van der Waals surface area contributed by atoms with Crippen molar-refractivity contribution < 1.29 is 4.79 Å².